The number of hydrogen-bond donors (Lipinski definition) is 1. The predicted octanol–water partition coefficient (Wildman–Crippen LogP) is 2.27. The normalized spacial score (nSPS) is 34.5. The molecule has 2 aliphatic heterocycles. The number of rotatable bonds is 3. The lowest BCUT2D eigenvalue weighted by atomic mass is 10.0. The van der Waals surface area contributed by atoms with Gasteiger partial charge < -0.3 is 10.1 Å². The Morgan fingerprint density at radius 2 is 2.44 bits per heavy atom. The minimum atomic E-state index is 0.110. The van der Waals surface area contributed by atoms with Crippen molar-refractivity contribution in [1.82, 2.24) is 5.32 Å². The van der Waals surface area contributed by atoms with E-state index in [2.05, 4.69) is 31.1 Å². The van der Waals surface area contributed by atoms with E-state index in [-0.39, 0.29) is 5.54 Å². The van der Waals surface area contributed by atoms with Gasteiger partial charge in [0.25, 0.3) is 0 Å². The molecule has 2 heterocycles. The summed E-state index contributed by atoms with van der Waals surface area (Å²) in [6.45, 7) is 9.43. The number of aliphatic imine (C=N–C) groups is 1. The van der Waals surface area contributed by atoms with Crippen molar-refractivity contribution in [3.8, 4) is 0 Å². The zero-order chi connectivity index (χ0) is 11.6. The third-order valence-corrected chi connectivity index (χ3v) is 4.21. The number of nitrogens with one attached hydrogen (secondary N) is 1. The molecule has 2 aliphatic rings. The number of amidine groups is 1. The Balaban J connectivity index is 1.80. The molecule has 3 nitrogen and oxygen atoms in total. The van der Waals surface area contributed by atoms with Gasteiger partial charge in [-0.1, -0.05) is 25.6 Å². The SMILES string of the molecule is CC(C)CC1CN=C(NC2(C)CCOC2)S1. The highest BCUT2D eigenvalue weighted by Gasteiger charge is 2.32. The van der Waals surface area contributed by atoms with E-state index in [0.29, 0.717) is 5.25 Å². The minimum absolute atomic E-state index is 0.110. The Labute approximate surface area is 102 Å². The summed E-state index contributed by atoms with van der Waals surface area (Å²) in [5, 5.41) is 5.34. The van der Waals surface area contributed by atoms with Gasteiger partial charge >= 0.3 is 0 Å². The summed E-state index contributed by atoms with van der Waals surface area (Å²) in [6, 6.07) is 0. The van der Waals surface area contributed by atoms with Gasteiger partial charge in [-0.2, -0.15) is 0 Å². The van der Waals surface area contributed by atoms with Crippen molar-refractivity contribution >= 4 is 16.9 Å². The summed E-state index contributed by atoms with van der Waals surface area (Å²) < 4.78 is 5.44. The van der Waals surface area contributed by atoms with Crippen molar-refractivity contribution in [2.75, 3.05) is 19.8 Å². The van der Waals surface area contributed by atoms with Gasteiger partial charge in [0.15, 0.2) is 5.17 Å². The highest BCUT2D eigenvalue weighted by atomic mass is 32.2. The first-order valence-corrected chi connectivity index (χ1v) is 7.02. The van der Waals surface area contributed by atoms with Gasteiger partial charge in [0, 0.05) is 11.9 Å². The van der Waals surface area contributed by atoms with E-state index in [4.69, 9.17) is 4.74 Å². The van der Waals surface area contributed by atoms with Crippen LogP contribution in [0.5, 0.6) is 0 Å². The van der Waals surface area contributed by atoms with E-state index in [1.807, 2.05) is 11.8 Å². The van der Waals surface area contributed by atoms with Crippen LogP contribution in [0, 0.1) is 5.92 Å². The van der Waals surface area contributed by atoms with Gasteiger partial charge in [0.05, 0.1) is 18.7 Å². The fraction of sp³-hybridized carbons (Fsp3) is 0.917. The lowest BCUT2D eigenvalue weighted by Crippen LogP contribution is -2.45. The fourth-order valence-electron chi connectivity index (χ4n) is 2.16. The van der Waals surface area contributed by atoms with Crippen LogP contribution < -0.4 is 5.32 Å². The van der Waals surface area contributed by atoms with Crippen LogP contribution in [-0.4, -0.2) is 35.7 Å². The van der Waals surface area contributed by atoms with Crippen LogP contribution in [0.2, 0.25) is 0 Å². The average Bonchev–Trinajstić information content (AvgIpc) is 2.75. The maximum absolute atomic E-state index is 5.44. The van der Waals surface area contributed by atoms with Crippen molar-refractivity contribution in [2.45, 2.75) is 44.4 Å². The topological polar surface area (TPSA) is 33.6 Å². The molecule has 16 heavy (non-hydrogen) atoms. The molecule has 92 valence electrons. The van der Waals surface area contributed by atoms with Gasteiger partial charge in [-0.25, -0.2) is 0 Å². The lowest BCUT2D eigenvalue weighted by Gasteiger charge is -2.24. The van der Waals surface area contributed by atoms with Crippen LogP contribution in [0.4, 0.5) is 0 Å². The van der Waals surface area contributed by atoms with Crippen LogP contribution >= 0.6 is 11.8 Å². The van der Waals surface area contributed by atoms with Crippen molar-refractivity contribution in [3.63, 3.8) is 0 Å². The van der Waals surface area contributed by atoms with Gasteiger partial charge in [0.2, 0.25) is 0 Å². The van der Waals surface area contributed by atoms with Gasteiger partial charge in [-0.15, -0.1) is 0 Å². The minimum Gasteiger partial charge on any atom is -0.379 e. The van der Waals surface area contributed by atoms with E-state index in [9.17, 15) is 0 Å². The second-order valence-electron chi connectivity index (χ2n) is 5.50. The smallest absolute Gasteiger partial charge is 0.157 e. The third kappa shape index (κ3) is 3.14. The maximum atomic E-state index is 5.44. The highest BCUT2D eigenvalue weighted by molar-refractivity contribution is 8.14. The summed E-state index contributed by atoms with van der Waals surface area (Å²) in [6.07, 6.45) is 2.34. The summed E-state index contributed by atoms with van der Waals surface area (Å²) in [7, 11) is 0. The molecule has 0 aromatic heterocycles. The molecular formula is C12H22N2OS. The largest absolute Gasteiger partial charge is 0.379 e. The van der Waals surface area contributed by atoms with E-state index >= 15 is 0 Å². The monoisotopic (exact) mass is 242 g/mol. The van der Waals surface area contributed by atoms with Crippen LogP contribution in [0.25, 0.3) is 0 Å². The molecule has 0 radical (unpaired) electrons. The molecule has 2 rings (SSSR count). The number of nitrogens with zero attached hydrogens (tertiary/aromatic N) is 1. The van der Waals surface area contributed by atoms with Crippen molar-refractivity contribution in [2.24, 2.45) is 10.9 Å². The molecule has 1 N–H and O–H groups in total. The standard InChI is InChI=1S/C12H22N2OS/c1-9(2)6-10-7-13-11(16-10)14-12(3)4-5-15-8-12/h9-10H,4-8H2,1-3H3,(H,13,14). The van der Waals surface area contributed by atoms with Crippen LogP contribution in [0.3, 0.4) is 0 Å². The van der Waals surface area contributed by atoms with E-state index in [1.54, 1.807) is 0 Å². The Morgan fingerprint density at radius 1 is 1.62 bits per heavy atom. The van der Waals surface area contributed by atoms with Gasteiger partial charge in [-0.05, 0) is 25.7 Å². The molecule has 2 unspecified atom stereocenters. The fourth-order valence-corrected chi connectivity index (χ4v) is 3.56. The van der Waals surface area contributed by atoms with Gasteiger partial charge in [-0.3, -0.25) is 4.99 Å². The zero-order valence-corrected chi connectivity index (χ0v) is 11.3. The average molecular weight is 242 g/mol. The van der Waals surface area contributed by atoms with Crippen LogP contribution in [-0.2, 0) is 4.74 Å². The Bertz CT molecular complexity index is 272. The first-order chi connectivity index (χ1) is 7.57. The third-order valence-electron chi connectivity index (χ3n) is 3.08. The molecule has 0 aromatic rings. The molecule has 0 saturated carbocycles. The molecule has 0 aromatic carbocycles. The van der Waals surface area contributed by atoms with Crippen LogP contribution in [0.1, 0.15) is 33.6 Å². The molecule has 0 bridgehead atoms. The summed E-state index contributed by atoms with van der Waals surface area (Å²) in [5.41, 5.74) is 0.110. The number of hydrogen-bond acceptors (Lipinski definition) is 4. The maximum Gasteiger partial charge on any atom is 0.157 e. The van der Waals surface area contributed by atoms with Crippen molar-refractivity contribution in [3.05, 3.63) is 0 Å². The number of ether oxygens (including phenoxy) is 1. The summed E-state index contributed by atoms with van der Waals surface area (Å²) in [4.78, 5) is 4.59. The second kappa shape index (κ2) is 4.96. The summed E-state index contributed by atoms with van der Waals surface area (Å²) in [5.74, 6) is 0.762. The predicted molar refractivity (Wildman–Crippen MR) is 70.1 cm³/mol. The molecule has 0 spiro atoms. The second-order valence-corrected chi connectivity index (χ2v) is 6.79. The first-order valence-electron chi connectivity index (χ1n) is 6.14. The van der Waals surface area contributed by atoms with E-state index < -0.39 is 0 Å². The Morgan fingerprint density at radius 3 is 3.06 bits per heavy atom. The van der Waals surface area contributed by atoms with E-state index in [1.165, 1.54) is 6.42 Å². The molecule has 0 aliphatic carbocycles. The molecule has 0 amide bonds. The molecule has 1 fully saturated rings. The quantitative estimate of drug-likeness (QED) is 0.824. The molecule has 2 atom stereocenters. The Hall–Kier alpha value is -0.220. The van der Waals surface area contributed by atoms with Crippen molar-refractivity contribution in [1.29, 1.82) is 0 Å². The molecule has 1 saturated heterocycles. The van der Waals surface area contributed by atoms with Crippen LogP contribution in [0.15, 0.2) is 4.99 Å². The van der Waals surface area contributed by atoms with Gasteiger partial charge in [0.1, 0.15) is 0 Å². The number of thioether (sulfide) groups is 1. The molecule has 4 heteroatoms. The Kier molecular flexibility index (Phi) is 3.80. The zero-order valence-electron chi connectivity index (χ0n) is 10.5. The summed E-state index contributed by atoms with van der Waals surface area (Å²) >= 11 is 1.91. The first kappa shape index (κ1) is 12.2. The highest BCUT2D eigenvalue weighted by Crippen LogP contribution is 2.28. The lowest BCUT2D eigenvalue weighted by molar-refractivity contribution is 0.177. The molecular weight excluding hydrogens is 220 g/mol. The van der Waals surface area contributed by atoms with E-state index in [0.717, 1.165) is 37.3 Å². The van der Waals surface area contributed by atoms with Crippen molar-refractivity contribution < 1.29 is 4.74 Å².